The van der Waals surface area contributed by atoms with Crippen LogP contribution >= 0.6 is 0 Å². The molecular weight excluding hydrogens is 264 g/mol. The molecule has 0 aromatic rings. The monoisotopic (exact) mass is 294 g/mol. The Hall–Kier alpha value is -1.06. The summed E-state index contributed by atoms with van der Waals surface area (Å²) < 4.78 is 0. The topological polar surface area (TPSA) is 40.6 Å². The van der Waals surface area contributed by atoms with Gasteiger partial charge < -0.3 is 9.80 Å². The highest BCUT2D eigenvalue weighted by Gasteiger charge is 2.25. The van der Waals surface area contributed by atoms with Crippen molar-refractivity contribution < 1.29 is 9.59 Å². The van der Waals surface area contributed by atoms with Crippen LogP contribution < -0.4 is 0 Å². The second-order valence-corrected chi connectivity index (χ2v) is 6.90. The molecule has 0 unspecified atom stereocenters. The first-order valence-corrected chi connectivity index (χ1v) is 8.64. The quantitative estimate of drug-likeness (QED) is 0.800. The lowest BCUT2D eigenvalue weighted by molar-refractivity contribution is -0.141. The average molecular weight is 294 g/mol. The fourth-order valence-electron chi connectivity index (χ4n) is 3.50. The van der Waals surface area contributed by atoms with Crippen molar-refractivity contribution in [1.82, 2.24) is 9.80 Å². The summed E-state index contributed by atoms with van der Waals surface area (Å²) in [5.41, 5.74) is 0. The Morgan fingerprint density at radius 1 is 0.952 bits per heavy atom. The molecule has 4 heteroatoms. The van der Waals surface area contributed by atoms with Gasteiger partial charge in [-0.3, -0.25) is 9.59 Å². The van der Waals surface area contributed by atoms with Crippen LogP contribution in [0.25, 0.3) is 0 Å². The first-order chi connectivity index (χ1) is 10.1. The van der Waals surface area contributed by atoms with E-state index in [1.165, 1.54) is 32.1 Å². The SMILES string of the molecule is CC(C)C(=O)N1CCN(C(=O)CCC2CCCCC2)CC1. The van der Waals surface area contributed by atoms with E-state index in [1.807, 2.05) is 23.6 Å². The van der Waals surface area contributed by atoms with E-state index in [1.54, 1.807) is 0 Å². The first kappa shape index (κ1) is 16.3. The molecule has 1 aliphatic heterocycles. The summed E-state index contributed by atoms with van der Waals surface area (Å²) in [5, 5.41) is 0. The number of amides is 2. The highest BCUT2D eigenvalue weighted by Crippen LogP contribution is 2.27. The van der Waals surface area contributed by atoms with E-state index in [0.717, 1.165) is 12.3 Å². The van der Waals surface area contributed by atoms with Crippen LogP contribution in [-0.4, -0.2) is 47.8 Å². The number of carbonyl (C=O) groups is 2. The van der Waals surface area contributed by atoms with Gasteiger partial charge >= 0.3 is 0 Å². The molecule has 1 aliphatic carbocycles. The van der Waals surface area contributed by atoms with E-state index >= 15 is 0 Å². The molecule has 0 aromatic carbocycles. The standard InChI is InChI=1S/C17H30N2O2/c1-14(2)17(21)19-12-10-18(11-13-19)16(20)9-8-15-6-4-3-5-7-15/h14-15H,3-13H2,1-2H3. The van der Waals surface area contributed by atoms with Crippen LogP contribution in [0, 0.1) is 11.8 Å². The second-order valence-electron chi connectivity index (χ2n) is 6.90. The summed E-state index contributed by atoms with van der Waals surface area (Å²) in [6, 6.07) is 0. The summed E-state index contributed by atoms with van der Waals surface area (Å²) in [7, 11) is 0. The molecule has 2 fully saturated rings. The minimum Gasteiger partial charge on any atom is -0.339 e. The molecule has 0 N–H and O–H groups in total. The van der Waals surface area contributed by atoms with E-state index in [0.29, 0.717) is 32.6 Å². The second kappa shape index (κ2) is 7.81. The zero-order valence-corrected chi connectivity index (χ0v) is 13.6. The van der Waals surface area contributed by atoms with Gasteiger partial charge in [-0.2, -0.15) is 0 Å². The molecule has 2 amide bonds. The fourth-order valence-corrected chi connectivity index (χ4v) is 3.50. The van der Waals surface area contributed by atoms with Crippen LogP contribution in [-0.2, 0) is 9.59 Å². The largest absolute Gasteiger partial charge is 0.339 e. The molecule has 1 saturated heterocycles. The minimum absolute atomic E-state index is 0.0542. The molecule has 0 bridgehead atoms. The van der Waals surface area contributed by atoms with Gasteiger partial charge in [-0.25, -0.2) is 0 Å². The molecular formula is C17H30N2O2. The Balaban J connectivity index is 1.69. The molecule has 1 heterocycles. The molecule has 0 radical (unpaired) electrons. The Morgan fingerprint density at radius 3 is 2.10 bits per heavy atom. The smallest absolute Gasteiger partial charge is 0.225 e. The molecule has 0 atom stereocenters. The van der Waals surface area contributed by atoms with Crippen molar-refractivity contribution in [2.24, 2.45) is 11.8 Å². The zero-order valence-electron chi connectivity index (χ0n) is 13.6. The summed E-state index contributed by atoms with van der Waals surface area (Å²) >= 11 is 0. The zero-order chi connectivity index (χ0) is 15.2. The Labute approximate surface area is 128 Å². The number of piperazine rings is 1. The third-order valence-corrected chi connectivity index (χ3v) is 4.93. The van der Waals surface area contributed by atoms with Gasteiger partial charge in [0.05, 0.1) is 0 Å². The Morgan fingerprint density at radius 2 is 1.52 bits per heavy atom. The highest BCUT2D eigenvalue weighted by atomic mass is 16.2. The fraction of sp³-hybridized carbons (Fsp3) is 0.882. The lowest BCUT2D eigenvalue weighted by atomic mass is 9.86. The van der Waals surface area contributed by atoms with Gasteiger partial charge in [0.2, 0.25) is 11.8 Å². The van der Waals surface area contributed by atoms with Crippen molar-refractivity contribution in [3.05, 3.63) is 0 Å². The van der Waals surface area contributed by atoms with Crippen molar-refractivity contribution in [3.63, 3.8) is 0 Å². The van der Waals surface area contributed by atoms with E-state index in [4.69, 9.17) is 0 Å². The van der Waals surface area contributed by atoms with Gasteiger partial charge in [0.15, 0.2) is 0 Å². The van der Waals surface area contributed by atoms with Crippen LogP contribution in [0.1, 0.15) is 58.8 Å². The average Bonchev–Trinajstić information content (AvgIpc) is 2.53. The van der Waals surface area contributed by atoms with Crippen LogP contribution in [0.5, 0.6) is 0 Å². The Kier molecular flexibility index (Phi) is 6.07. The van der Waals surface area contributed by atoms with Gasteiger partial charge in [-0.05, 0) is 12.3 Å². The lowest BCUT2D eigenvalue weighted by Crippen LogP contribution is -2.51. The number of hydrogen-bond donors (Lipinski definition) is 0. The molecule has 0 aromatic heterocycles. The van der Waals surface area contributed by atoms with Crippen LogP contribution in [0.3, 0.4) is 0 Å². The number of hydrogen-bond acceptors (Lipinski definition) is 2. The molecule has 120 valence electrons. The summed E-state index contributed by atoms with van der Waals surface area (Å²) in [5.74, 6) is 1.33. The third kappa shape index (κ3) is 4.72. The molecule has 2 aliphatic rings. The number of nitrogens with zero attached hydrogens (tertiary/aromatic N) is 2. The number of rotatable bonds is 4. The summed E-state index contributed by atoms with van der Waals surface area (Å²) in [6.07, 6.45) is 8.43. The lowest BCUT2D eigenvalue weighted by Gasteiger charge is -2.36. The van der Waals surface area contributed by atoms with Crippen molar-refractivity contribution in [2.75, 3.05) is 26.2 Å². The maximum atomic E-state index is 12.3. The van der Waals surface area contributed by atoms with Crippen molar-refractivity contribution in [3.8, 4) is 0 Å². The van der Waals surface area contributed by atoms with Gasteiger partial charge in [0, 0.05) is 38.5 Å². The van der Waals surface area contributed by atoms with Crippen LogP contribution in [0.2, 0.25) is 0 Å². The maximum Gasteiger partial charge on any atom is 0.225 e. The third-order valence-electron chi connectivity index (χ3n) is 4.93. The van der Waals surface area contributed by atoms with Crippen molar-refractivity contribution in [1.29, 1.82) is 0 Å². The Bertz CT molecular complexity index is 354. The first-order valence-electron chi connectivity index (χ1n) is 8.64. The van der Waals surface area contributed by atoms with Gasteiger partial charge in [0.25, 0.3) is 0 Å². The van der Waals surface area contributed by atoms with E-state index in [-0.39, 0.29) is 17.7 Å². The minimum atomic E-state index is 0.0542. The van der Waals surface area contributed by atoms with Gasteiger partial charge in [-0.15, -0.1) is 0 Å². The van der Waals surface area contributed by atoms with E-state index < -0.39 is 0 Å². The highest BCUT2D eigenvalue weighted by molar-refractivity contribution is 5.79. The molecule has 4 nitrogen and oxygen atoms in total. The van der Waals surface area contributed by atoms with E-state index in [9.17, 15) is 9.59 Å². The normalized spacial score (nSPS) is 20.9. The predicted octanol–water partition coefficient (Wildman–Crippen LogP) is 2.67. The predicted molar refractivity (Wildman–Crippen MR) is 83.8 cm³/mol. The molecule has 1 saturated carbocycles. The summed E-state index contributed by atoms with van der Waals surface area (Å²) in [4.78, 5) is 28.1. The van der Waals surface area contributed by atoms with Gasteiger partial charge in [0.1, 0.15) is 0 Å². The van der Waals surface area contributed by atoms with Crippen LogP contribution in [0.15, 0.2) is 0 Å². The van der Waals surface area contributed by atoms with E-state index in [2.05, 4.69) is 0 Å². The molecule has 2 rings (SSSR count). The van der Waals surface area contributed by atoms with Crippen LogP contribution in [0.4, 0.5) is 0 Å². The molecule has 21 heavy (non-hydrogen) atoms. The number of carbonyl (C=O) groups excluding carboxylic acids is 2. The summed E-state index contributed by atoms with van der Waals surface area (Å²) in [6.45, 7) is 6.69. The molecule has 0 spiro atoms. The maximum absolute atomic E-state index is 12.3. The van der Waals surface area contributed by atoms with Gasteiger partial charge in [-0.1, -0.05) is 46.0 Å². The van der Waals surface area contributed by atoms with Crippen molar-refractivity contribution >= 4 is 11.8 Å². The van der Waals surface area contributed by atoms with Crippen molar-refractivity contribution in [2.45, 2.75) is 58.8 Å².